The van der Waals surface area contributed by atoms with E-state index in [-0.39, 0.29) is 34.6 Å². The Labute approximate surface area is 184 Å². The zero-order valence-corrected chi connectivity index (χ0v) is 19.1. The number of rotatable bonds is 5. The highest BCUT2D eigenvalue weighted by molar-refractivity contribution is 5.82. The molecular weight excluding hydrogens is 402 g/mol. The Hall–Kier alpha value is -1.04. The number of carbonyl (C=O) groups is 2. The average Bonchev–Trinajstić information content (AvgIpc) is 3.05. The van der Waals surface area contributed by atoms with Gasteiger partial charge in [-0.05, 0) is 92.3 Å². The number of ketones is 1. The molecule has 0 radical (unpaired) electrons. The summed E-state index contributed by atoms with van der Waals surface area (Å²) in [6, 6.07) is 0. The van der Waals surface area contributed by atoms with Crippen molar-refractivity contribution in [3.05, 3.63) is 0 Å². The van der Waals surface area contributed by atoms with Crippen LogP contribution in [0.25, 0.3) is 0 Å². The first kappa shape index (κ1) is 23.1. The summed E-state index contributed by atoms with van der Waals surface area (Å²) >= 11 is 0. The van der Waals surface area contributed by atoms with Gasteiger partial charge in [0.25, 0.3) is 6.43 Å². The summed E-state index contributed by atoms with van der Waals surface area (Å²) in [7, 11) is 0. The van der Waals surface area contributed by atoms with Gasteiger partial charge in [-0.2, -0.15) is 0 Å². The Morgan fingerprint density at radius 2 is 1.68 bits per heavy atom. The maximum absolute atomic E-state index is 12.9. The second-order valence-corrected chi connectivity index (χ2v) is 11.4. The number of aliphatic hydroxyl groups excluding tert-OH is 1. The van der Waals surface area contributed by atoms with E-state index in [2.05, 4.69) is 13.8 Å². The van der Waals surface area contributed by atoms with Crippen molar-refractivity contribution < 1.29 is 28.2 Å². The predicted octanol–water partition coefficient (Wildman–Crippen LogP) is 5.16. The molecule has 1 N–H and O–H groups in total. The zero-order valence-electron chi connectivity index (χ0n) is 19.1. The normalized spacial score (nSPS) is 45.4. The van der Waals surface area contributed by atoms with E-state index < -0.39 is 19.0 Å². The van der Waals surface area contributed by atoms with E-state index in [0.29, 0.717) is 23.7 Å². The standard InChI is InChI=1S/C25H38F2O4/c1-14(28)31-16-8-10-24(2)15(12-16)4-5-17-18-6-7-20(21(29)13-22(30)23(26)27)25(18,3)11-9-19(17)24/h15-20,22-23,30H,4-13H2,1-3H3/t15-,16+,17-,18-,19-,20+,22-,24-,25-/m0/s1. The van der Waals surface area contributed by atoms with Crippen LogP contribution in [-0.4, -0.2) is 35.5 Å². The van der Waals surface area contributed by atoms with Gasteiger partial charge in [-0.25, -0.2) is 8.78 Å². The van der Waals surface area contributed by atoms with Crippen molar-refractivity contribution in [3.8, 4) is 0 Å². The Balaban J connectivity index is 1.47. The first-order valence-corrected chi connectivity index (χ1v) is 12.2. The number of hydrogen-bond acceptors (Lipinski definition) is 4. The fourth-order valence-corrected chi connectivity index (χ4v) is 8.53. The summed E-state index contributed by atoms with van der Waals surface area (Å²) in [5, 5.41) is 9.56. The SMILES string of the molecule is CC(=O)O[C@@H]1CC[C@@]2(C)[C@@H](CC[C@@H]3[C@@H]2CC[C@]2(C)[C@@H](C(=O)C[C@H](O)C(F)F)CC[C@@H]32)C1. The molecule has 4 rings (SSSR count). The van der Waals surface area contributed by atoms with Crippen LogP contribution < -0.4 is 0 Å². The minimum absolute atomic E-state index is 0.0516. The van der Waals surface area contributed by atoms with E-state index in [9.17, 15) is 23.5 Å². The maximum Gasteiger partial charge on any atom is 0.302 e. The Kier molecular flexibility index (Phi) is 6.26. The van der Waals surface area contributed by atoms with Crippen molar-refractivity contribution in [1.82, 2.24) is 0 Å². The average molecular weight is 441 g/mol. The number of carbonyl (C=O) groups excluding carboxylic acids is 2. The molecule has 0 saturated heterocycles. The maximum atomic E-state index is 12.9. The highest BCUT2D eigenvalue weighted by atomic mass is 19.3. The summed E-state index contributed by atoms with van der Waals surface area (Å²) in [6.45, 7) is 6.15. The van der Waals surface area contributed by atoms with E-state index in [1.807, 2.05) is 0 Å². The molecule has 4 fully saturated rings. The summed E-state index contributed by atoms with van der Waals surface area (Å²) in [4.78, 5) is 24.3. The van der Waals surface area contributed by atoms with Gasteiger partial charge in [0.2, 0.25) is 0 Å². The molecular formula is C25H38F2O4. The van der Waals surface area contributed by atoms with Crippen molar-refractivity contribution in [1.29, 1.82) is 0 Å². The highest BCUT2D eigenvalue weighted by Gasteiger charge is 2.61. The molecule has 0 aromatic carbocycles. The van der Waals surface area contributed by atoms with Gasteiger partial charge in [0.1, 0.15) is 18.0 Å². The second kappa shape index (κ2) is 8.39. The van der Waals surface area contributed by atoms with E-state index in [1.54, 1.807) is 0 Å². The molecule has 4 aliphatic rings. The number of ether oxygens (including phenoxy) is 1. The molecule has 0 aromatic heterocycles. The number of halogens is 2. The van der Waals surface area contributed by atoms with Crippen LogP contribution in [0.2, 0.25) is 0 Å². The van der Waals surface area contributed by atoms with Crippen LogP contribution in [0.4, 0.5) is 8.78 Å². The lowest BCUT2D eigenvalue weighted by atomic mass is 9.44. The van der Waals surface area contributed by atoms with Gasteiger partial charge in [-0.15, -0.1) is 0 Å². The molecule has 4 aliphatic carbocycles. The summed E-state index contributed by atoms with van der Waals surface area (Å²) in [5.41, 5.74) is 0.132. The van der Waals surface area contributed by atoms with Crippen LogP contribution in [0.3, 0.4) is 0 Å². The third-order valence-corrected chi connectivity index (χ3v) is 10.0. The number of fused-ring (bicyclic) bond motifs is 5. The molecule has 0 amide bonds. The van der Waals surface area contributed by atoms with E-state index in [1.165, 1.54) is 6.92 Å². The third kappa shape index (κ3) is 3.95. The summed E-state index contributed by atoms with van der Waals surface area (Å²) < 4.78 is 31.1. The lowest BCUT2D eigenvalue weighted by Crippen LogP contribution is -2.54. The number of esters is 1. The van der Waals surface area contributed by atoms with Crippen molar-refractivity contribution in [2.45, 2.75) is 104 Å². The number of hydrogen-bond donors (Lipinski definition) is 1. The van der Waals surface area contributed by atoms with E-state index >= 15 is 0 Å². The Morgan fingerprint density at radius 1 is 1.00 bits per heavy atom. The van der Waals surface area contributed by atoms with Gasteiger partial charge in [0.15, 0.2) is 0 Å². The first-order chi connectivity index (χ1) is 14.6. The Bertz CT molecular complexity index is 712. The third-order valence-electron chi connectivity index (χ3n) is 10.0. The van der Waals surface area contributed by atoms with Crippen LogP contribution in [0, 0.1) is 40.4 Å². The molecule has 6 heteroatoms. The largest absolute Gasteiger partial charge is 0.463 e. The summed E-state index contributed by atoms with van der Waals surface area (Å²) in [6.07, 6.45) is 4.04. The topological polar surface area (TPSA) is 63.6 Å². The van der Waals surface area contributed by atoms with Crippen LogP contribution >= 0.6 is 0 Å². The lowest BCUT2D eigenvalue weighted by Gasteiger charge is -2.61. The highest BCUT2D eigenvalue weighted by Crippen LogP contribution is 2.67. The number of Topliss-reactive ketones (excluding diaryl/α,β-unsaturated/α-hetero) is 1. The van der Waals surface area contributed by atoms with E-state index in [0.717, 1.165) is 57.8 Å². The molecule has 4 nitrogen and oxygen atoms in total. The number of aliphatic hydroxyl groups is 1. The second-order valence-electron chi connectivity index (χ2n) is 11.4. The molecule has 9 atom stereocenters. The molecule has 0 aliphatic heterocycles. The monoisotopic (exact) mass is 440 g/mol. The minimum Gasteiger partial charge on any atom is -0.463 e. The first-order valence-electron chi connectivity index (χ1n) is 12.2. The summed E-state index contributed by atoms with van der Waals surface area (Å²) in [5.74, 6) is 1.71. The lowest BCUT2D eigenvalue weighted by molar-refractivity contribution is -0.161. The minimum atomic E-state index is -2.86. The van der Waals surface area contributed by atoms with Crippen molar-refractivity contribution in [2.24, 2.45) is 40.4 Å². The number of alkyl halides is 2. The van der Waals surface area contributed by atoms with Crippen LogP contribution in [0.5, 0.6) is 0 Å². The predicted molar refractivity (Wildman–Crippen MR) is 112 cm³/mol. The van der Waals surface area contributed by atoms with Gasteiger partial charge in [0.05, 0.1) is 0 Å². The van der Waals surface area contributed by atoms with Crippen LogP contribution in [0.1, 0.15) is 85.0 Å². The molecule has 176 valence electrons. The Morgan fingerprint density at radius 3 is 2.35 bits per heavy atom. The van der Waals surface area contributed by atoms with Crippen LogP contribution in [0.15, 0.2) is 0 Å². The smallest absolute Gasteiger partial charge is 0.302 e. The fraction of sp³-hybridized carbons (Fsp3) is 0.920. The van der Waals surface area contributed by atoms with E-state index in [4.69, 9.17) is 4.74 Å². The molecule has 0 spiro atoms. The van der Waals surface area contributed by atoms with Gasteiger partial charge in [0, 0.05) is 19.3 Å². The van der Waals surface area contributed by atoms with Crippen molar-refractivity contribution in [2.75, 3.05) is 0 Å². The molecule has 31 heavy (non-hydrogen) atoms. The molecule has 0 bridgehead atoms. The molecule has 0 unspecified atom stereocenters. The fourth-order valence-electron chi connectivity index (χ4n) is 8.53. The van der Waals surface area contributed by atoms with Gasteiger partial charge in [-0.3, -0.25) is 9.59 Å². The van der Waals surface area contributed by atoms with Gasteiger partial charge >= 0.3 is 5.97 Å². The molecule has 0 heterocycles. The molecule has 4 saturated carbocycles. The zero-order chi connectivity index (χ0) is 22.6. The molecule has 0 aromatic rings. The van der Waals surface area contributed by atoms with Crippen LogP contribution in [-0.2, 0) is 14.3 Å². The quantitative estimate of drug-likeness (QED) is 0.600. The van der Waals surface area contributed by atoms with Gasteiger partial charge < -0.3 is 9.84 Å². The van der Waals surface area contributed by atoms with Crippen molar-refractivity contribution in [3.63, 3.8) is 0 Å². The van der Waals surface area contributed by atoms with Crippen molar-refractivity contribution >= 4 is 11.8 Å². The van der Waals surface area contributed by atoms with Gasteiger partial charge in [-0.1, -0.05) is 13.8 Å².